The van der Waals surface area contributed by atoms with Gasteiger partial charge in [-0.25, -0.2) is 0 Å². The van der Waals surface area contributed by atoms with Gasteiger partial charge >= 0.3 is 0 Å². The van der Waals surface area contributed by atoms with Gasteiger partial charge in [0.2, 0.25) is 0 Å². The van der Waals surface area contributed by atoms with Gasteiger partial charge in [-0.1, -0.05) is 19.4 Å². The molecule has 0 N–H and O–H groups in total. The minimum Gasteiger partial charge on any atom is -0.497 e. The zero-order chi connectivity index (χ0) is 9.97. The number of fused-ring (bicyclic) bond motifs is 1. The van der Waals surface area contributed by atoms with Gasteiger partial charge in [0.05, 0.1) is 7.11 Å². The van der Waals surface area contributed by atoms with Crippen LogP contribution in [0.4, 0.5) is 0 Å². The number of methoxy groups -OCH3 is 1. The van der Waals surface area contributed by atoms with E-state index in [1.54, 1.807) is 7.11 Å². The van der Waals surface area contributed by atoms with Crippen molar-refractivity contribution in [2.45, 2.75) is 38.5 Å². The molecule has 0 aliphatic heterocycles. The van der Waals surface area contributed by atoms with Crippen molar-refractivity contribution in [3.8, 4) is 5.75 Å². The number of hydrogen-bond acceptors (Lipinski definition) is 1. The summed E-state index contributed by atoms with van der Waals surface area (Å²) in [5.41, 5.74) is 3.07. The summed E-state index contributed by atoms with van der Waals surface area (Å²) in [6.07, 6.45) is 5.18. The van der Waals surface area contributed by atoms with Crippen molar-refractivity contribution in [1.29, 1.82) is 0 Å². The second kappa shape index (κ2) is 4.04. The molecule has 0 amide bonds. The van der Waals surface area contributed by atoms with Crippen LogP contribution in [-0.4, -0.2) is 7.11 Å². The van der Waals surface area contributed by atoms with E-state index in [1.807, 2.05) is 0 Å². The van der Waals surface area contributed by atoms with Gasteiger partial charge in [0.15, 0.2) is 0 Å². The van der Waals surface area contributed by atoms with Crippen LogP contribution in [0.3, 0.4) is 0 Å². The minimum atomic E-state index is 0.782. The van der Waals surface area contributed by atoms with Crippen molar-refractivity contribution in [2.24, 2.45) is 0 Å². The molecule has 0 heterocycles. The standard InChI is InChI=1S/C13H18O/c1-3-4-10-5-6-11-7-8-12(14-2)9-13(10)11/h7-10H,3-6H2,1-2H3. The average Bonchev–Trinajstić information content (AvgIpc) is 2.61. The van der Waals surface area contributed by atoms with Gasteiger partial charge in [-0.05, 0) is 48.4 Å². The third-order valence-corrected chi connectivity index (χ3v) is 3.19. The molecule has 1 nitrogen and oxygen atoms in total. The third-order valence-electron chi connectivity index (χ3n) is 3.19. The first-order chi connectivity index (χ1) is 6.85. The van der Waals surface area contributed by atoms with Gasteiger partial charge < -0.3 is 4.74 Å². The first-order valence-electron chi connectivity index (χ1n) is 5.52. The first kappa shape index (κ1) is 9.57. The van der Waals surface area contributed by atoms with Crippen LogP contribution in [0.1, 0.15) is 43.2 Å². The Labute approximate surface area is 86.1 Å². The van der Waals surface area contributed by atoms with Crippen molar-refractivity contribution in [1.82, 2.24) is 0 Å². The molecule has 1 unspecified atom stereocenters. The predicted molar refractivity (Wildman–Crippen MR) is 59.0 cm³/mol. The maximum absolute atomic E-state index is 5.27. The van der Waals surface area contributed by atoms with Gasteiger partial charge in [-0.15, -0.1) is 0 Å². The van der Waals surface area contributed by atoms with Crippen molar-refractivity contribution in [3.63, 3.8) is 0 Å². The Bertz CT molecular complexity index is 315. The normalized spacial score (nSPS) is 19.4. The minimum absolute atomic E-state index is 0.782. The zero-order valence-corrected chi connectivity index (χ0v) is 9.05. The van der Waals surface area contributed by atoms with E-state index < -0.39 is 0 Å². The SMILES string of the molecule is CCCC1CCc2ccc(OC)cc21. The highest BCUT2D eigenvalue weighted by atomic mass is 16.5. The quantitative estimate of drug-likeness (QED) is 0.708. The second-order valence-electron chi connectivity index (χ2n) is 4.09. The molecule has 1 aliphatic carbocycles. The molecule has 0 fully saturated rings. The fraction of sp³-hybridized carbons (Fsp3) is 0.538. The van der Waals surface area contributed by atoms with Gasteiger partial charge in [-0.2, -0.15) is 0 Å². The molecule has 0 radical (unpaired) electrons. The lowest BCUT2D eigenvalue weighted by atomic mass is 9.96. The fourth-order valence-corrected chi connectivity index (χ4v) is 2.44. The largest absolute Gasteiger partial charge is 0.497 e. The molecule has 14 heavy (non-hydrogen) atoms. The zero-order valence-electron chi connectivity index (χ0n) is 9.05. The van der Waals surface area contributed by atoms with Gasteiger partial charge in [0.1, 0.15) is 5.75 Å². The molecule has 1 atom stereocenters. The number of benzene rings is 1. The number of hydrogen-bond donors (Lipinski definition) is 0. The van der Waals surface area contributed by atoms with Crippen LogP contribution in [0.5, 0.6) is 5.75 Å². The van der Waals surface area contributed by atoms with E-state index in [0.717, 1.165) is 11.7 Å². The number of rotatable bonds is 3. The molecule has 1 aromatic rings. The smallest absolute Gasteiger partial charge is 0.119 e. The Morgan fingerprint density at radius 3 is 3.00 bits per heavy atom. The lowest BCUT2D eigenvalue weighted by molar-refractivity contribution is 0.414. The van der Waals surface area contributed by atoms with Crippen LogP contribution in [-0.2, 0) is 6.42 Å². The van der Waals surface area contributed by atoms with E-state index in [2.05, 4.69) is 25.1 Å². The Morgan fingerprint density at radius 2 is 2.29 bits per heavy atom. The lowest BCUT2D eigenvalue weighted by Gasteiger charge is -2.10. The molecule has 0 saturated heterocycles. The summed E-state index contributed by atoms with van der Waals surface area (Å²) in [6, 6.07) is 6.53. The van der Waals surface area contributed by atoms with Gasteiger partial charge in [0, 0.05) is 0 Å². The van der Waals surface area contributed by atoms with Crippen LogP contribution in [0.2, 0.25) is 0 Å². The van der Waals surface area contributed by atoms with E-state index in [1.165, 1.54) is 36.8 Å². The summed E-state index contributed by atoms with van der Waals surface area (Å²) in [5.74, 6) is 1.79. The molecule has 0 bridgehead atoms. The van der Waals surface area contributed by atoms with E-state index in [9.17, 15) is 0 Å². The summed E-state index contributed by atoms with van der Waals surface area (Å²) in [5, 5.41) is 0. The molecule has 2 rings (SSSR count). The summed E-state index contributed by atoms with van der Waals surface area (Å²) in [4.78, 5) is 0. The van der Waals surface area contributed by atoms with Gasteiger partial charge in [0.25, 0.3) is 0 Å². The van der Waals surface area contributed by atoms with Crippen molar-refractivity contribution >= 4 is 0 Å². The summed E-state index contributed by atoms with van der Waals surface area (Å²) in [6.45, 7) is 2.26. The highest BCUT2D eigenvalue weighted by Gasteiger charge is 2.21. The first-order valence-corrected chi connectivity index (χ1v) is 5.52. The molecule has 1 aromatic carbocycles. The highest BCUT2D eigenvalue weighted by Crippen LogP contribution is 2.37. The number of aryl methyl sites for hydroxylation is 1. The molecule has 1 heteroatoms. The molecule has 76 valence electrons. The summed E-state index contributed by atoms with van der Waals surface area (Å²) in [7, 11) is 1.74. The van der Waals surface area contributed by atoms with Crippen molar-refractivity contribution in [3.05, 3.63) is 29.3 Å². The monoisotopic (exact) mass is 190 g/mol. The Kier molecular flexibility index (Phi) is 2.76. The average molecular weight is 190 g/mol. The molecular formula is C13H18O. The maximum atomic E-state index is 5.27. The van der Waals surface area contributed by atoms with E-state index in [4.69, 9.17) is 4.74 Å². The highest BCUT2D eigenvalue weighted by molar-refractivity contribution is 5.41. The predicted octanol–water partition coefficient (Wildman–Crippen LogP) is 3.53. The molecule has 0 saturated carbocycles. The molecule has 0 spiro atoms. The van der Waals surface area contributed by atoms with Crippen molar-refractivity contribution in [2.75, 3.05) is 7.11 Å². The maximum Gasteiger partial charge on any atom is 0.119 e. The lowest BCUT2D eigenvalue weighted by Crippen LogP contribution is -1.93. The molecule has 0 aromatic heterocycles. The van der Waals surface area contributed by atoms with Crippen LogP contribution in [0.15, 0.2) is 18.2 Å². The van der Waals surface area contributed by atoms with Crippen LogP contribution in [0.25, 0.3) is 0 Å². The fourth-order valence-electron chi connectivity index (χ4n) is 2.44. The summed E-state index contributed by atoms with van der Waals surface area (Å²) < 4.78 is 5.27. The summed E-state index contributed by atoms with van der Waals surface area (Å²) >= 11 is 0. The Balaban J connectivity index is 2.27. The van der Waals surface area contributed by atoms with Crippen LogP contribution in [0, 0.1) is 0 Å². The molecule has 1 aliphatic rings. The second-order valence-corrected chi connectivity index (χ2v) is 4.09. The Morgan fingerprint density at radius 1 is 1.43 bits per heavy atom. The van der Waals surface area contributed by atoms with E-state index in [0.29, 0.717) is 0 Å². The van der Waals surface area contributed by atoms with Gasteiger partial charge in [-0.3, -0.25) is 0 Å². The van der Waals surface area contributed by atoms with Crippen LogP contribution < -0.4 is 4.74 Å². The third kappa shape index (κ3) is 1.63. The van der Waals surface area contributed by atoms with Crippen LogP contribution >= 0.6 is 0 Å². The van der Waals surface area contributed by atoms with E-state index >= 15 is 0 Å². The number of ether oxygens (including phenoxy) is 1. The van der Waals surface area contributed by atoms with E-state index in [-0.39, 0.29) is 0 Å². The Hall–Kier alpha value is -0.980. The molecular weight excluding hydrogens is 172 g/mol. The van der Waals surface area contributed by atoms with Crippen molar-refractivity contribution < 1.29 is 4.74 Å². The topological polar surface area (TPSA) is 9.23 Å².